The number of rotatable bonds is 14. The van der Waals surface area contributed by atoms with Crippen LogP contribution in [-0.4, -0.2) is 88.3 Å². The summed E-state index contributed by atoms with van der Waals surface area (Å²) in [6, 6.07) is 10.4. The molecule has 0 radical (unpaired) electrons. The maximum atomic E-state index is 14.7. The molecule has 65 heavy (non-hydrogen) atoms. The lowest BCUT2D eigenvalue weighted by atomic mass is 9.92. The lowest BCUT2D eigenvalue weighted by Gasteiger charge is -2.34. The largest absolute Gasteiger partial charge is 0.343 e. The van der Waals surface area contributed by atoms with Crippen LogP contribution in [0.1, 0.15) is 125 Å². The van der Waals surface area contributed by atoms with Crippen molar-refractivity contribution in [3.8, 4) is 11.1 Å². The number of imide groups is 1. The van der Waals surface area contributed by atoms with Gasteiger partial charge in [0, 0.05) is 100 Å². The van der Waals surface area contributed by atoms with Crippen molar-refractivity contribution in [3.05, 3.63) is 81.7 Å². The molecule has 15 nitrogen and oxygen atoms in total. The van der Waals surface area contributed by atoms with Crippen molar-refractivity contribution in [2.75, 3.05) is 31.1 Å². The molecule has 17 heteroatoms. The second-order valence-electron chi connectivity index (χ2n) is 18.2. The number of piperidine rings is 2. The van der Waals surface area contributed by atoms with E-state index >= 15 is 0 Å². The Bertz CT molecular complexity index is 2670. The van der Waals surface area contributed by atoms with E-state index in [2.05, 4.69) is 20.0 Å². The summed E-state index contributed by atoms with van der Waals surface area (Å²) in [5.41, 5.74) is 6.13. The fraction of sp³-hybridized carbons (Fsp3) is 0.521. The highest BCUT2D eigenvalue weighted by molar-refractivity contribution is 6.00. The van der Waals surface area contributed by atoms with Gasteiger partial charge in [0.2, 0.25) is 23.6 Å². The van der Waals surface area contributed by atoms with Crippen LogP contribution >= 0.6 is 0 Å². The number of nitrogens with zero attached hydrogens (tertiary/aromatic N) is 9. The maximum absolute atomic E-state index is 14.7. The SMILES string of the molecule is CC(=O)N1CCc2c(c(N3CCCc4cc(-c5cnn(C)c5)c(C(F)F)cc43)nn2C2CCN(C(=O)CCCCCCCCn3c(=O)n(C4CCC(=O)NC4=O)c4ccccc43)CC2)C1. The Labute approximate surface area is 376 Å². The Hall–Kier alpha value is -6.13. The molecule has 7 heterocycles. The van der Waals surface area contributed by atoms with Crippen LogP contribution in [0.4, 0.5) is 20.3 Å². The Morgan fingerprint density at radius 3 is 2.35 bits per heavy atom. The Morgan fingerprint density at radius 1 is 0.877 bits per heavy atom. The zero-order chi connectivity index (χ0) is 45.4. The number of alkyl halides is 2. The molecule has 2 fully saturated rings. The van der Waals surface area contributed by atoms with E-state index in [1.807, 2.05) is 40.1 Å². The van der Waals surface area contributed by atoms with Gasteiger partial charge in [0.1, 0.15) is 6.04 Å². The first-order valence-electron chi connectivity index (χ1n) is 23.3. The van der Waals surface area contributed by atoms with Gasteiger partial charge in [-0.2, -0.15) is 10.2 Å². The van der Waals surface area contributed by atoms with E-state index in [1.54, 1.807) is 41.7 Å². The number of unbranched alkanes of at least 4 members (excludes halogenated alkanes) is 5. The Morgan fingerprint density at radius 2 is 1.63 bits per heavy atom. The molecular weight excluding hydrogens is 835 g/mol. The number of fused-ring (bicyclic) bond motifs is 3. The molecule has 9 rings (SSSR count). The quantitative estimate of drug-likeness (QED) is 0.0935. The minimum absolute atomic E-state index is 0.00961. The van der Waals surface area contributed by atoms with Crippen molar-refractivity contribution in [2.45, 2.75) is 128 Å². The van der Waals surface area contributed by atoms with Crippen molar-refractivity contribution in [3.63, 3.8) is 0 Å². The van der Waals surface area contributed by atoms with E-state index in [4.69, 9.17) is 5.10 Å². The first-order chi connectivity index (χ1) is 31.5. The highest BCUT2D eigenvalue weighted by Crippen LogP contribution is 2.44. The maximum Gasteiger partial charge on any atom is 0.329 e. The number of anilines is 2. The third kappa shape index (κ3) is 8.85. The monoisotopic (exact) mass is 892 g/mol. The molecule has 344 valence electrons. The fourth-order valence-electron chi connectivity index (χ4n) is 10.5. The van der Waals surface area contributed by atoms with Crippen LogP contribution in [0.25, 0.3) is 22.2 Å². The Kier molecular flexibility index (Phi) is 12.7. The lowest BCUT2D eigenvalue weighted by Crippen LogP contribution is -2.44. The molecule has 1 N–H and O–H groups in total. The number of aromatic nitrogens is 6. The van der Waals surface area contributed by atoms with Gasteiger partial charge in [-0.3, -0.25) is 43.0 Å². The van der Waals surface area contributed by atoms with E-state index in [9.17, 15) is 32.8 Å². The van der Waals surface area contributed by atoms with Crippen LogP contribution in [0.15, 0.2) is 53.6 Å². The molecule has 2 aromatic carbocycles. The van der Waals surface area contributed by atoms with Crippen molar-refractivity contribution >= 4 is 46.2 Å². The van der Waals surface area contributed by atoms with Crippen LogP contribution in [-0.2, 0) is 52.2 Å². The molecule has 0 spiro atoms. The molecule has 3 aromatic heterocycles. The predicted molar refractivity (Wildman–Crippen MR) is 241 cm³/mol. The number of aryl methyl sites for hydroxylation is 3. The van der Waals surface area contributed by atoms with Crippen molar-refractivity contribution in [1.82, 2.24) is 43.8 Å². The third-order valence-corrected chi connectivity index (χ3v) is 14.0. The number of benzene rings is 2. The van der Waals surface area contributed by atoms with Gasteiger partial charge in [0.25, 0.3) is 6.43 Å². The van der Waals surface area contributed by atoms with Gasteiger partial charge >= 0.3 is 5.69 Å². The van der Waals surface area contributed by atoms with E-state index < -0.39 is 18.4 Å². The van der Waals surface area contributed by atoms with Crippen molar-refractivity contribution < 1.29 is 28.0 Å². The topological polar surface area (TPSA) is 153 Å². The van der Waals surface area contributed by atoms with Gasteiger partial charge < -0.3 is 14.7 Å². The molecule has 0 aliphatic carbocycles. The summed E-state index contributed by atoms with van der Waals surface area (Å²) in [6.07, 6.45) is 10.9. The smallest absolute Gasteiger partial charge is 0.329 e. The zero-order valence-corrected chi connectivity index (χ0v) is 37.3. The molecule has 0 saturated carbocycles. The summed E-state index contributed by atoms with van der Waals surface area (Å²) in [6.45, 7) is 5.01. The molecular formula is C48H58F2N10O5. The van der Waals surface area contributed by atoms with Crippen LogP contribution in [0, 0.1) is 0 Å². The van der Waals surface area contributed by atoms with E-state index in [1.165, 1.54) is 4.57 Å². The molecule has 1 unspecified atom stereocenters. The number of hydrogen-bond acceptors (Lipinski definition) is 8. The molecule has 4 amide bonds. The molecule has 4 aliphatic heterocycles. The summed E-state index contributed by atoms with van der Waals surface area (Å²) < 4.78 is 36.4. The second-order valence-corrected chi connectivity index (χ2v) is 18.2. The highest BCUT2D eigenvalue weighted by atomic mass is 19.3. The normalized spacial score (nSPS) is 18.1. The number of nitrogens with one attached hydrogen (secondary N) is 1. The first-order valence-corrected chi connectivity index (χ1v) is 23.3. The van der Waals surface area contributed by atoms with Gasteiger partial charge in [0.05, 0.1) is 29.8 Å². The summed E-state index contributed by atoms with van der Waals surface area (Å²) in [5, 5.41) is 11.9. The fourth-order valence-corrected chi connectivity index (χ4v) is 10.5. The molecule has 0 bridgehead atoms. The number of carbonyl (C=O) groups is 4. The van der Waals surface area contributed by atoms with Gasteiger partial charge in [-0.15, -0.1) is 0 Å². The minimum atomic E-state index is -2.68. The summed E-state index contributed by atoms with van der Waals surface area (Å²) in [7, 11) is 1.77. The van der Waals surface area contributed by atoms with E-state index in [-0.39, 0.29) is 41.4 Å². The van der Waals surface area contributed by atoms with Crippen LogP contribution in [0.3, 0.4) is 0 Å². The number of imidazole rings is 1. The molecule has 2 saturated heterocycles. The summed E-state index contributed by atoms with van der Waals surface area (Å²) in [4.78, 5) is 69.8. The minimum Gasteiger partial charge on any atom is -0.343 e. The van der Waals surface area contributed by atoms with Gasteiger partial charge in [-0.25, -0.2) is 13.6 Å². The first kappa shape index (κ1) is 44.1. The van der Waals surface area contributed by atoms with Gasteiger partial charge in [-0.05, 0) is 80.3 Å². The standard InChI is InChI=1S/C48H58F2N10O5/c1-31(61)56-25-20-38-37(30-56)46(57-22-11-12-32-26-35(33-28-51-54(2)29-33)36(45(49)50)27-42(32)57)53-60(38)34-18-23-55(24-19-34)44(63)15-7-5-3-4-6-10-21-58-39-13-8-9-14-40(39)59(48(58)65)41-16-17-43(62)52-47(41)64/h8-9,13-14,26-29,34,41,45H,3-7,10-12,15-25,30H2,1-2H3,(H,52,62,64). The number of likely N-dealkylation sites (tertiary alicyclic amines) is 1. The Balaban J connectivity index is 0.789. The van der Waals surface area contributed by atoms with Crippen molar-refractivity contribution in [2.24, 2.45) is 7.05 Å². The van der Waals surface area contributed by atoms with Crippen LogP contribution in [0.2, 0.25) is 0 Å². The van der Waals surface area contributed by atoms with Crippen LogP contribution in [0.5, 0.6) is 0 Å². The number of halogens is 2. The van der Waals surface area contributed by atoms with Gasteiger partial charge in [-0.1, -0.05) is 37.8 Å². The van der Waals surface area contributed by atoms with Gasteiger partial charge in [0.15, 0.2) is 5.82 Å². The van der Waals surface area contributed by atoms with Crippen molar-refractivity contribution in [1.29, 1.82) is 0 Å². The zero-order valence-electron chi connectivity index (χ0n) is 37.3. The number of carbonyl (C=O) groups excluding carboxylic acids is 4. The second kappa shape index (κ2) is 18.8. The van der Waals surface area contributed by atoms with Crippen LogP contribution < -0.4 is 15.9 Å². The van der Waals surface area contributed by atoms with E-state index in [0.29, 0.717) is 75.2 Å². The van der Waals surface area contributed by atoms with E-state index in [0.717, 1.165) is 98.1 Å². The molecule has 4 aliphatic rings. The number of hydrogen-bond donors (Lipinski definition) is 1. The average molecular weight is 893 g/mol. The number of para-hydroxylation sites is 2. The highest BCUT2D eigenvalue weighted by Gasteiger charge is 2.36. The molecule has 1 atom stereocenters. The molecule has 5 aromatic rings. The lowest BCUT2D eigenvalue weighted by molar-refractivity contribution is -0.136. The predicted octanol–water partition coefficient (Wildman–Crippen LogP) is 6.90. The number of amides is 4. The third-order valence-electron chi connectivity index (χ3n) is 14.0. The summed E-state index contributed by atoms with van der Waals surface area (Å²) >= 11 is 0. The average Bonchev–Trinajstić information content (AvgIpc) is 3.99. The summed E-state index contributed by atoms with van der Waals surface area (Å²) in [5.74, 6) is 0.137.